The minimum atomic E-state index is -0.273. The predicted molar refractivity (Wildman–Crippen MR) is 73.0 cm³/mol. The largest absolute Gasteiger partial charge is 0.289 e. The highest BCUT2D eigenvalue weighted by Crippen LogP contribution is 2.24. The number of fused-ring (bicyclic) bond motifs is 1. The van der Waals surface area contributed by atoms with Crippen LogP contribution in [0.25, 0.3) is 0 Å². The standard InChI is InChI=1S/C17H15FO/c1-11-9-14(7-8-16(11)18)17(19)15-6-5-12-3-2-4-13(12)10-15/h5-10H,2-4H2,1H3. The van der Waals surface area contributed by atoms with Gasteiger partial charge in [0, 0.05) is 11.1 Å². The van der Waals surface area contributed by atoms with Gasteiger partial charge in [-0.15, -0.1) is 0 Å². The minimum absolute atomic E-state index is 0.0298. The first kappa shape index (κ1) is 12.1. The monoisotopic (exact) mass is 254 g/mol. The quantitative estimate of drug-likeness (QED) is 0.744. The van der Waals surface area contributed by atoms with Crippen molar-refractivity contribution in [3.05, 3.63) is 70.0 Å². The summed E-state index contributed by atoms with van der Waals surface area (Å²) in [7, 11) is 0. The molecule has 0 spiro atoms. The van der Waals surface area contributed by atoms with Crippen LogP contribution in [0.5, 0.6) is 0 Å². The first-order valence-electron chi connectivity index (χ1n) is 6.58. The molecule has 2 aromatic rings. The lowest BCUT2D eigenvalue weighted by molar-refractivity contribution is 0.103. The van der Waals surface area contributed by atoms with Crippen LogP contribution in [0.4, 0.5) is 4.39 Å². The molecule has 2 heteroatoms. The number of benzene rings is 2. The molecule has 0 N–H and O–H groups in total. The molecule has 3 rings (SSSR count). The molecule has 1 nitrogen and oxygen atoms in total. The van der Waals surface area contributed by atoms with Gasteiger partial charge in [0.2, 0.25) is 0 Å². The van der Waals surface area contributed by atoms with Gasteiger partial charge in [-0.1, -0.05) is 12.1 Å². The molecule has 0 atom stereocenters. The van der Waals surface area contributed by atoms with Crippen molar-refractivity contribution in [3.63, 3.8) is 0 Å². The summed E-state index contributed by atoms with van der Waals surface area (Å²) in [5, 5.41) is 0. The third-order valence-electron chi connectivity index (χ3n) is 3.78. The molecule has 0 amide bonds. The van der Waals surface area contributed by atoms with Gasteiger partial charge in [-0.05, 0) is 67.1 Å². The molecular formula is C17H15FO. The molecular weight excluding hydrogens is 239 g/mol. The van der Waals surface area contributed by atoms with Gasteiger partial charge in [0.05, 0.1) is 0 Å². The number of ketones is 1. The van der Waals surface area contributed by atoms with Crippen molar-refractivity contribution >= 4 is 5.78 Å². The third kappa shape index (κ3) is 2.19. The van der Waals surface area contributed by atoms with Crippen LogP contribution in [0, 0.1) is 12.7 Å². The summed E-state index contributed by atoms with van der Waals surface area (Å²) in [6, 6.07) is 10.4. The molecule has 0 heterocycles. The Morgan fingerprint density at radius 3 is 2.47 bits per heavy atom. The Balaban J connectivity index is 1.97. The van der Waals surface area contributed by atoms with E-state index in [4.69, 9.17) is 0 Å². The zero-order chi connectivity index (χ0) is 13.4. The zero-order valence-corrected chi connectivity index (χ0v) is 10.9. The molecule has 0 aromatic heterocycles. The molecule has 1 aliphatic carbocycles. The smallest absolute Gasteiger partial charge is 0.193 e. The Hall–Kier alpha value is -1.96. The first-order chi connectivity index (χ1) is 9.15. The van der Waals surface area contributed by atoms with E-state index in [9.17, 15) is 9.18 Å². The summed E-state index contributed by atoms with van der Waals surface area (Å²) >= 11 is 0. The lowest BCUT2D eigenvalue weighted by Crippen LogP contribution is -2.03. The van der Waals surface area contributed by atoms with E-state index in [1.165, 1.54) is 23.6 Å². The van der Waals surface area contributed by atoms with E-state index >= 15 is 0 Å². The number of carbonyl (C=O) groups is 1. The molecule has 2 aromatic carbocycles. The molecule has 96 valence electrons. The van der Waals surface area contributed by atoms with Crippen LogP contribution >= 0.6 is 0 Å². The van der Waals surface area contributed by atoms with Gasteiger partial charge in [0.15, 0.2) is 5.78 Å². The summed E-state index contributed by atoms with van der Waals surface area (Å²) in [4.78, 5) is 12.4. The predicted octanol–water partition coefficient (Wildman–Crippen LogP) is 3.85. The number of halogens is 1. The van der Waals surface area contributed by atoms with E-state index in [1.807, 2.05) is 18.2 Å². The van der Waals surface area contributed by atoms with Crippen molar-refractivity contribution in [3.8, 4) is 0 Å². The van der Waals surface area contributed by atoms with Gasteiger partial charge in [0.1, 0.15) is 5.82 Å². The second-order valence-corrected chi connectivity index (χ2v) is 5.13. The molecule has 0 radical (unpaired) electrons. The molecule has 0 unspecified atom stereocenters. The van der Waals surface area contributed by atoms with Crippen LogP contribution in [-0.2, 0) is 12.8 Å². The third-order valence-corrected chi connectivity index (χ3v) is 3.78. The van der Waals surface area contributed by atoms with Gasteiger partial charge in [-0.2, -0.15) is 0 Å². The number of hydrogen-bond acceptors (Lipinski definition) is 1. The number of hydrogen-bond donors (Lipinski definition) is 0. The maximum Gasteiger partial charge on any atom is 0.193 e. The lowest BCUT2D eigenvalue weighted by Gasteiger charge is -2.06. The van der Waals surface area contributed by atoms with Crippen LogP contribution in [0.15, 0.2) is 36.4 Å². The fourth-order valence-corrected chi connectivity index (χ4v) is 2.67. The fraction of sp³-hybridized carbons (Fsp3) is 0.235. The van der Waals surface area contributed by atoms with Crippen molar-refractivity contribution < 1.29 is 9.18 Å². The Labute approximate surface area is 112 Å². The summed E-state index contributed by atoms with van der Waals surface area (Å²) in [5.41, 5.74) is 4.40. The Kier molecular flexibility index (Phi) is 2.94. The molecule has 0 bridgehead atoms. The van der Waals surface area contributed by atoms with Crippen molar-refractivity contribution in [2.45, 2.75) is 26.2 Å². The van der Waals surface area contributed by atoms with Gasteiger partial charge >= 0.3 is 0 Å². The average Bonchev–Trinajstić information content (AvgIpc) is 2.88. The van der Waals surface area contributed by atoms with Crippen LogP contribution in [0.2, 0.25) is 0 Å². The fourth-order valence-electron chi connectivity index (χ4n) is 2.67. The highest BCUT2D eigenvalue weighted by atomic mass is 19.1. The van der Waals surface area contributed by atoms with Gasteiger partial charge in [0.25, 0.3) is 0 Å². The first-order valence-corrected chi connectivity index (χ1v) is 6.58. The van der Waals surface area contributed by atoms with Crippen molar-refractivity contribution in [1.29, 1.82) is 0 Å². The van der Waals surface area contributed by atoms with Crippen LogP contribution in [0.1, 0.15) is 39.0 Å². The summed E-state index contributed by atoms with van der Waals surface area (Å²) in [5.74, 6) is -0.302. The van der Waals surface area contributed by atoms with Crippen molar-refractivity contribution in [2.24, 2.45) is 0 Å². The molecule has 0 aliphatic heterocycles. The van der Waals surface area contributed by atoms with Gasteiger partial charge in [-0.3, -0.25) is 4.79 Å². The van der Waals surface area contributed by atoms with Crippen molar-refractivity contribution in [1.82, 2.24) is 0 Å². The van der Waals surface area contributed by atoms with Crippen LogP contribution < -0.4 is 0 Å². The Morgan fingerprint density at radius 2 is 1.68 bits per heavy atom. The van der Waals surface area contributed by atoms with E-state index in [-0.39, 0.29) is 11.6 Å². The SMILES string of the molecule is Cc1cc(C(=O)c2ccc3c(c2)CCC3)ccc1F. The van der Waals surface area contributed by atoms with Crippen molar-refractivity contribution in [2.75, 3.05) is 0 Å². The van der Waals surface area contributed by atoms with Crippen LogP contribution in [-0.4, -0.2) is 5.78 Å². The Bertz CT molecular complexity index is 658. The van der Waals surface area contributed by atoms with Crippen LogP contribution in [0.3, 0.4) is 0 Å². The minimum Gasteiger partial charge on any atom is -0.289 e. The van der Waals surface area contributed by atoms with E-state index < -0.39 is 0 Å². The average molecular weight is 254 g/mol. The number of aryl methyl sites for hydroxylation is 3. The second kappa shape index (κ2) is 4.61. The summed E-state index contributed by atoms with van der Waals surface area (Å²) in [6.07, 6.45) is 3.33. The van der Waals surface area contributed by atoms with E-state index in [2.05, 4.69) is 0 Å². The molecule has 1 aliphatic rings. The number of carbonyl (C=O) groups excluding carboxylic acids is 1. The maximum absolute atomic E-state index is 13.2. The molecule has 0 saturated heterocycles. The summed E-state index contributed by atoms with van der Waals surface area (Å²) in [6.45, 7) is 1.68. The topological polar surface area (TPSA) is 17.1 Å². The normalized spacial score (nSPS) is 13.4. The van der Waals surface area contributed by atoms with Gasteiger partial charge in [-0.25, -0.2) is 4.39 Å². The molecule has 0 saturated carbocycles. The molecule has 0 fully saturated rings. The summed E-state index contributed by atoms with van der Waals surface area (Å²) < 4.78 is 13.2. The molecule has 19 heavy (non-hydrogen) atoms. The van der Waals surface area contributed by atoms with E-state index in [0.717, 1.165) is 12.8 Å². The van der Waals surface area contributed by atoms with E-state index in [0.29, 0.717) is 16.7 Å². The van der Waals surface area contributed by atoms with Gasteiger partial charge < -0.3 is 0 Å². The van der Waals surface area contributed by atoms with E-state index in [1.54, 1.807) is 19.1 Å². The second-order valence-electron chi connectivity index (χ2n) is 5.13. The maximum atomic E-state index is 13.2. The Morgan fingerprint density at radius 1 is 1.00 bits per heavy atom. The number of rotatable bonds is 2. The highest BCUT2D eigenvalue weighted by Gasteiger charge is 2.15. The highest BCUT2D eigenvalue weighted by molar-refractivity contribution is 6.09. The zero-order valence-electron chi connectivity index (χ0n) is 10.9. The lowest BCUT2D eigenvalue weighted by atomic mass is 9.98.